The molecule has 0 N–H and O–H groups in total. The molecule has 2 unspecified atom stereocenters. The maximum absolute atomic E-state index is 12.7. The lowest BCUT2D eigenvalue weighted by molar-refractivity contribution is -0.0114. The maximum Gasteiger partial charge on any atom is 0.244 e. The van der Waals surface area contributed by atoms with Crippen LogP contribution in [0, 0.1) is 0 Å². The molecule has 3 rings (SSSR count). The van der Waals surface area contributed by atoms with Crippen LogP contribution in [0.5, 0.6) is 0 Å². The van der Waals surface area contributed by atoms with Gasteiger partial charge >= 0.3 is 0 Å². The van der Waals surface area contributed by atoms with E-state index in [-0.39, 0.29) is 28.0 Å². The van der Waals surface area contributed by atoms with Crippen molar-refractivity contribution >= 4 is 33.2 Å². The Kier molecular flexibility index (Phi) is 3.99. The first-order chi connectivity index (χ1) is 9.50. The number of nitrogens with zero attached hydrogens (tertiary/aromatic N) is 1. The fourth-order valence-electron chi connectivity index (χ4n) is 2.74. The summed E-state index contributed by atoms with van der Waals surface area (Å²) < 4.78 is 32.6. The van der Waals surface area contributed by atoms with Crippen LogP contribution in [-0.2, 0) is 20.6 Å². The van der Waals surface area contributed by atoms with Crippen molar-refractivity contribution in [3.8, 4) is 0 Å². The highest BCUT2D eigenvalue weighted by molar-refractivity contribution is 7.89. The Labute approximate surface area is 128 Å². The Morgan fingerprint density at radius 1 is 1.25 bits per heavy atom. The van der Waals surface area contributed by atoms with E-state index < -0.39 is 10.0 Å². The van der Waals surface area contributed by atoms with Gasteiger partial charge < -0.3 is 4.74 Å². The number of ether oxygens (including phenoxy) is 1. The number of hydrogen-bond acceptors (Lipinski definition) is 3. The Balaban J connectivity index is 1.95. The zero-order chi connectivity index (χ0) is 14.3. The Hall–Kier alpha value is -0.330. The minimum atomic E-state index is -3.59. The van der Waals surface area contributed by atoms with Crippen LogP contribution in [0.25, 0.3) is 0 Å². The first-order valence-electron chi connectivity index (χ1n) is 6.50. The van der Waals surface area contributed by atoms with Crippen molar-refractivity contribution in [3.63, 3.8) is 0 Å². The highest BCUT2D eigenvalue weighted by Crippen LogP contribution is 2.32. The van der Waals surface area contributed by atoms with E-state index in [2.05, 4.69) is 0 Å². The third kappa shape index (κ3) is 2.57. The van der Waals surface area contributed by atoms with E-state index in [1.54, 1.807) is 18.2 Å². The predicted molar refractivity (Wildman–Crippen MR) is 77.7 cm³/mol. The Morgan fingerprint density at radius 2 is 1.90 bits per heavy atom. The lowest BCUT2D eigenvalue weighted by atomic mass is 10.2. The summed E-state index contributed by atoms with van der Waals surface area (Å²) in [6.07, 6.45) is 1.87. The molecule has 7 heteroatoms. The molecule has 0 amide bonds. The second-order valence-electron chi connectivity index (χ2n) is 5.18. The number of fused-ring (bicyclic) bond motifs is 2. The third-order valence-electron chi connectivity index (χ3n) is 3.78. The number of hydrogen-bond donors (Lipinski definition) is 0. The summed E-state index contributed by atoms with van der Waals surface area (Å²) in [6.45, 7) is 0.806. The van der Waals surface area contributed by atoms with Gasteiger partial charge in [0, 0.05) is 19.0 Å². The molecule has 1 aromatic carbocycles. The Bertz CT molecular complexity index is 608. The summed E-state index contributed by atoms with van der Waals surface area (Å²) in [5.41, 5.74) is 0.742. The van der Waals surface area contributed by atoms with Gasteiger partial charge in [-0.25, -0.2) is 8.42 Å². The fourth-order valence-corrected chi connectivity index (χ4v) is 4.94. The molecule has 2 aliphatic rings. The van der Waals surface area contributed by atoms with Crippen molar-refractivity contribution in [1.82, 2.24) is 4.31 Å². The third-order valence-corrected chi connectivity index (χ3v) is 6.40. The van der Waals surface area contributed by atoms with Crippen LogP contribution in [0.2, 0.25) is 5.02 Å². The van der Waals surface area contributed by atoms with Gasteiger partial charge in [-0.05, 0) is 30.5 Å². The molecule has 0 saturated carbocycles. The highest BCUT2D eigenvalue weighted by Gasteiger charge is 2.39. The minimum absolute atomic E-state index is 0.0125. The van der Waals surface area contributed by atoms with Crippen LogP contribution in [0.1, 0.15) is 18.4 Å². The molecule has 2 atom stereocenters. The molecule has 2 saturated heterocycles. The highest BCUT2D eigenvalue weighted by atomic mass is 35.5. The summed E-state index contributed by atoms with van der Waals surface area (Å²) in [4.78, 5) is 0.138. The van der Waals surface area contributed by atoms with Gasteiger partial charge in [0.1, 0.15) is 4.90 Å². The molecule has 0 radical (unpaired) electrons. The molecule has 2 aliphatic heterocycles. The van der Waals surface area contributed by atoms with Crippen molar-refractivity contribution in [2.45, 2.75) is 35.8 Å². The lowest BCUT2D eigenvalue weighted by Crippen LogP contribution is -2.45. The second kappa shape index (κ2) is 5.46. The second-order valence-corrected chi connectivity index (χ2v) is 7.76. The standard InChI is InChI=1S/C13H15Cl2NO3S/c14-6-9-1-4-12(15)13(5-9)20(17,18)16-7-10-2-3-11(8-16)19-10/h1,4-5,10-11H,2-3,6-8H2. The van der Waals surface area contributed by atoms with Gasteiger partial charge in [0.05, 0.1) is 17.2 Å². The number of benzene rings is 1. The van der Waals surface area contributed by atoms with E-state index in [0.29, 0.717) is 13.1 Å². The van der Waals surface area contributed by atoms with Gasteiger partial charge in [-0.15, -0.1) is 11.6 Å². The number of halogens is 2. The number of rotatable bonds is 3. The van der Waals surface area contributed by atoms with Crippen LogP contribution in [0.4, 0.5) is 0 Å². The smallest absolute Gasteiger partial charge is 0.244 e. The molecule has 2 bridgehead atoms. The summed E-state index contributed by atoms with van der Waals surface area (Å²) in [6, 6.07) is 4.88. The molecule has 1 aromatic rings. The largest absolute Gasteiger partial charge is 0.372 e. The first-order valence-corrected chi connectivity index (χ1v) is 8.86. The topological polar surface area (TPSA) is 46.6 Å². The van der Waals surface area contributed by atoms with E-state index in [1.165, 1.54) is 4.31 Å². The first kappa shape index (κ1) is 14.6. The predicted octanol–water partition coefficient (Wildman–Crippen LogP) is 2.63. The molecular weight excluding hydrogens is 321 g/mol. The number of alkyl halides is 1. The molecule has 4 nitrogen and oxygen atoms in total. The average Bonchev–Trinajstić information content (AvgIpc) is 2.77. The fraction of sp³-hybridized carbons (Fsp3) is 0.538. The number of sulfonamides is 1. The van der Waals surface area contributed by atoms with Gasteiger partial charge in [-0.2, -0.15) is 4.31 Å². The van der Waals surface area contributed by atoms with Gasteiger partial charge in [0.2, 0.25) is 10.0 Å². The molecule has 2 fully saturated rings. The van der Waals surface area contributed by atoms with Crippen molar-refractivity contribution in [2.24, 2.45) is 0 Å². The van der Waals surface area contributed by atoms with Crippen molar-refractivity contribution in [3.05, 3.63) is 28.8 Å². The van der Waals surface area contributed by atoms with Crippen molar-refractivity contribution < 1.29 is 13.2 Å². The summed E-state index contributed by atoms with van der Waals surface area (Å²) in [5.74, 6) is 0.258. The zero-order valence-corrected chi connectivity index (χ0v) is 13.1. The normalized spacial score (nSPS) is 26.9. The van der Waals surface area contributed by atoms with E-state index in [0.717, 1.165) is 18.4 Å². The van der Waals surface area contributed by atoms with Crippen molar-refractivity contribution in [1.29, 1.82) is 0 Å². The van der Waals surface area contributed by atoms with Gasteiger partial charge in [-0.1, -0.05) is 17.7 Å². The maximum atomic E-state index is 12.7. The summed E-state index contributed by atoms with van der Waals surface area (Å²) in [7, 11) is -3.59. The SMILES string of the molecule is O=S(=O)(c1cc(CCl)ccc1Cl)N1CC2CCC(C1)O2. The molecular formula is C13H15Cl2NO3S. The van der Waals surface area contributed by atoms with Crippen LogP contribution in [0.15, 0.2) is 23.1 Å². The van der Waals surface area contributed by atoms with E-state index in [4.69, 9.17) is 27.9 Å². The minimum Gasteiger partial charge on any atom is -0.372 e. The molecule has 0 spiro atoms. The van der Waals surface area contributed by atoms with E-state index in [9.17, 15) is 8.42 Å². The monoisotopic (exact) mass is 335 g/mol. The molecule has 2 heterocycles. The van der Waals surface area contributed by atoms with E-state index >= 15 is 0 Å². The molecule has 110 valence electrons. The van der Waals surface area contributed by atoms with E-state index in [1.807, 2.05) is 0 Å². The zero-order valence-electron chi connectivity index (χ0n) is 10.8. The van der Waals surface area contributed by atoms with Gasteiger partial charge in [-0.3, -0.25) is 0 Å². The van der Waals surface area contributed by atoms with Crippen LogP contribution in [0.3, 0.4) is 0 Å². The van der Waals surface area contributed by atoms with Gasteiger partial charge in [0.15, 0.2) is 0 Å². The van der Waals surface area contributed by atoms with Crippen LogP contribution in [-0.4, -0.2) is 38.0 Å². The van der Waals surface area contributed by atoms with Crippen molar-refractivity contribution in [2.75, 3.05) is 13.1 Å². The van der Waals surface area contributed by atoms with Crippen LogP contribution >= 0.6 is 23.2 Å². The quantitative estimate of drug-likeness (QED) is 0.797. The summed E-state index contributed by atoms with van der Waals surface area (Å²) in [5, 5.41) is 0.234. The molecule has 0 aliphatic carbocycles. The lowest BCUT2D eigenvalue weighted by Gasteiger charge is -2.31. The van der Waals surface area contributed by atoms with Crippen LogP contribution < -0.4 is 0 Å². The summed E-state index contributed by atoms with van der Waals surface area (Å²) >= 11 is 11.8. The molecule has 20 heavy (non-hydrogen) atoms. The number of morpholine rings is 1. The Morgan fingerprint density at radius 3 is 2.50 bits per heavy atom. The average molecular weight is 336 g/mol. The molecule has 0 aromatic heterocycles. The van der Waals surface area contributed by atoms with Gasteiger partial charge in [0.25, 0.3) is 0 Å².